The molecule has 0 unspecified atom stereocenters. The van der Waals surface area contributed by atoms with E-state index in [0.717, 1.165) is 21.3 Å². The Labute approximate surface area is 175 Å². The second-order valence-electron chi connectivity index (χ2n) is 6.45. The number of carbonyl (C=O) groups is 1. The molecule has 3 aromatic rings. The van der Waals surface area contributed by atoms with E-state index in [0.29, 0.717) is 16.5 Å². The Kier molecular flexibility index (Phi) is 5.41. The van der Waals surface area contributed by atoms with Crippen LogP contribution in [0.15, 0.2) is 71.0 Å². The molecule has 1 amide bonds. The Bertz CT molecular complexity index is 1100. The van der Waals surface area contributed by atoms with E-state index in [1.807, 2.05) is 24.4 Å². The van der Waals surface area contributed by atoms with Crippen LogP contribution in [0.2, 0.25) is 0 Å². The number of ether oxygens (including phenoxy) is 1. The zero-order valence-electron chi connectivity index (χ0n) is 15.1. The van der Waals surface area contributed by atoms with E-state index in [-0.39, 0.29) is 5.91 Å². The van der Waals surface area contributed by atoms with Gasteiger partial charge in [0.2, 0.25) is 0 Å². The summed E-state index contributed by atoms with van der Waals surface area (Å²) >= 11 is 4.93. The Morgan fingerprint density at radius 2 is 2.14 bits per heavy atom. The molecule has 2 aromatic carbocycles. The number of amides is 1. The molecule has 0 aliphatic carbocycles. The molecule has 0 spiro atoms. The Hall–Kier alpha value is -2.70. The van der Waals surface area contributed by atoms with Crippen molar-refractivity contribution in [2.45, 2.75) is 13.3 Å². The molecule has 1 aromatic heterocycles. The van der Waals surface area contributed by atoms with Crippen molar-refractivity contribution in [3.63, 3.8) is 0 Å². The largest absolute Gasteiger partial charge is 0.464 e. The summed E-state index contributed by atoms with van der Waals surface area (Å²) < 4.78 is 6.49. The van der Waals surface area contributed by atoms with Crippen molar-refractivity contribution in [1.29, 1.82) is 0 Å². The number of halogens is 1. The van der Waals surface area contributed by atoms with E-state index in [1.54, 1.807) is 12.2 Å². The number of nitrogens with zero attached hydrogens (tertiary/aromatic N) is 1. The summed E-state index contributed by atoms with van der Waals surface area (Å²) in [4.78, 5) is 18.1. The van der Waals surface area contributed by atoms with E-state index in [1.165, 1.54) is 28.7 Å². The highest BCUT2D eigenvalue weighted by molar-refractivity contribution is 9.10. The van der Waals surface area contributed by atoms with Crippen molar-refractivity contribution in [3.8, 4) is 5.75 Å². The molecule has 0 atom stereocenters. The lowest BCUT2D eigenvalue weighted by Gasteiger charge is -2.04. The molecular weight excluding hydrogens is 436 g/mol. The van der Waals surface area contributed by atoms with Gasteiger partial charge >= 0.3 is 0 Å². The fourth-order valence-electron chi connectivity index (χ4n) is 2.92. The second-order valence-corrected chi connectivity index (χ2v) is 8.48. The highest BCUT2D eigenvalue weighted by Crippen LogP contribution is 2.29. The van der Waals surface area contributed by atoms with Gasteiger partial charge in [0.1, 0.15) is 5.75 Å². The van der Waals surface area contributed by atoms with Gasteiger partial charge in [-0.2, -0.15) is 0 Å². The van der Waals surface area contributed by atoms with E-state index >= 15 is 0 Å². The fourth-order valence-corrected chi connectivity index (χ4v) is 4.14. The fraction of sp³-hybridized carbons (Fsp3) is 0.0909. The smallest absolute Gasteiger partial charge is 0.257 e. The standard InChI is InChI=1S/C22H17BrN2O2S/c1-14-3-2-4-15(9-14)10-19-13-24-22(28-19)25-21(26)16-7-8-27-20-6-5-18(23)12-17(20)11-16/h2-9,11-13H,10H2,1H3,(H,24,25,26). The number of hydrogen-bond acceptors (Lipinski definition) is 4. The average Bonchev–Trinajstić information content (AvgIpc) is 2.97. The number of rotatable bonds is 4. The maximum absolute atomic E-state index is 12.7. The van der Waals surface area contributed by atoms with Gasteiger partial charge in [0.25, 0.3) is 5.91 Å². The molecule has 0 fully saturated rings. The van der Waals surface area contributed by atoms with Gasteiger partial charge in [-0.05, 0) is 42.8 Å². The van der Waals surface area contributed by atoms with Gasteiger partial charge in [0.15, 0.2) is 5.13 Å². The minimum absolute atomic E-state index is 0.218. The van der Waals surface area contributed by atoms with Crippen LogP contribution in [0, 0.1) is 6.92 Å². The number of anilines is 1. The summed E-state index contributed by atoms with van der Waals surface area (Å²) in [6.45, 7) is 2.08. The number of benzene rings is 2. The molecule has 0 radical (unpaired) electrons. The van der Waals surface area contributed by atoms with Crippen LogP contribution in [0.3, 0.4) is 0 Å². The molecule has 140 valence electrons. The summed E-state index contributed by atoms with van der Waals surface area (Å²) in [5, 5.41) is 3.47. The normalized spacial score (nSPS) is 12.6. The Balaban J connectivity index is 1.49. The lowest BCUT2D eigenvalue weighted by molar-refractivity contribution is -0.112. The predicted molar refractivity (Wildman–Crippen MR) is 117 cm³/mol. The lowest BCUT2D eigenvalue weighted by Crippen LogP contribution is -2.12. The summed E-state index contributed by atoms with van der Waals surface area (Å²) in [6.07, 6.45) is 7.60. The van der Waals surface area contributed by atoms with Crippen molar-refractivity contribution in [3.05, 3.63) is 92.6 Å². The van der Waals surface area contributed by atoms with Crippen LogP contribution < -0.4 is 10.1 Å². The first-order chi connectivity index (χ1) is 13.6. The van der Waals surface area contributed by atoms with Crippen LogP contribution in [-0.2, 0) is 11.2 Å². The van der Waals surface area contributed by atoms with E-state index in [2.05, 4.69) is 57.4 Å². The Morgan fingerprint density at radius 1 is 1.25 bits per heavy atom. The van der Waals surface area contributed by atoms with E-state index in [4.69, 9.17) is 4.74 Å². The summed E-state index contributed by atoms with van der Waals surface area (Å²) in [5.41, 5.74) is 3.81. The number of thiazole rings is 1. The molecular formula is C22H17BrN2O2S. The zero-order chi connectivity index (χ0) is 19.5. The van der Waals surface area contributed by atoms with Gasteiger partial charge in [-0.3, -0.25) is 10.1 Å². The monoisotopic (exact) mass is 452 g/mol. The maximum atomic E-state index is 12.7. The van der Waals surface area contributed by atoms with Crippen molar-refractivity contribution < 1.29 is 9.53 Å². The third kappa shape index (κ3) is 4.40. The Morgan fingerprint density at radius 3 is 3.00 bits per heavy atom. The van der Waals surface area contributed by atoms with Crippen LogP contribution in [0.1, 0.15) is 21.6 Å². The molecule has 6 heteroatoms. The quantitative estimate of drug-likeness (QED) is 0.549. The topological polar surface area (TPSA) is 51.2 Å². The number of nitrogens with one attached hydrogen (secondary N) is 1. The van der Waals surface area contributed by atoms with Crippen LogP contribution in [0.25, 0.3) is 6.08 Å². The second kappa shape index (κ2) is 8.12. The lowest BCUT2D eigenvalue weighted by atomic mass is 10.1. The first kappa shape index (κ1) is 18.7. The van der Waals surface area contributed by atoms with Crippen LogP contribution in [-0.4, -0.2) is 10.9 Å². The predicted octanol–water partition coefficient (Wildman–Crippen LogP) is 5.73. The minimum Gasteiger partial charge on any atom is -0.464 e. The number of carbonyl (C=O) groups excluding carboxylic acids is 1. The van der Waals surface area contributed by atoms with Crippen LogP contribution in [0.5, 0.6) is 5.75 Å². The van der Waals surface area contributed by atoms with Crippen molar-refractivity contribution in [2.75, 3.05) is 5.32 Å². The first-order valence-electron chi connectivity index (χ1n) is 8.73. The third-order valence-corrected chi connectivity index (χ3v) is 5.63. The van der Waals surface area contributed by atoms with Gasteiger partial charge in [-0.25, -0.2) is 4.98 Å². The van der Waals surface area contributed by atoms with Crippen LogP contribution >= 0.6 is 27.3 Å². The first-order valence-corrected chi connectivity index (χ1v) is 10.3. The molecule has 1 aliphatic rings. The molecule has 0 bridgehead atoms. The molecule has 28 heavy (non-hydrogen) atoms. The number of aryl methyl sites for hydroxylation is 1. The summed E-state index contributed by atoms with van der Waals surface area (Å²) in [5.74, 6) is 0.487. The highest BCUT2D eigenvalue weighted by atomic mass is 79.9. The average molecular weight is 453 g/mol. The van der Waals surface area contributed by atoms with Gasteiger partial charge in [-0.1, -0.05) is 45.8 Å². The van der Waals surface area contributed by atoms with Gasteiger partial charge in [-0.15, -0.1) is 11.3 Å². The van der Waals surface area contributed by atoms with Crippen molar-refractivity contribution in [1.82, 2.24) is 4.98 Å². The third-order valence-electron chi connectivity index (χ3n) is 4.22. The molecule has 2 heterocycles. The molecule has 1 aliphatic heterocycles. The minimum atomic E-state index is -0.218. The zero-order valence-corrected chi connectivity index (χ0v) is 17.5. The molecule has 4 nitrogen and oxygen atoms in total. The molecule has 0 saturated heterocycles. The van der Waals surface area contributed by atoms with Gasteiger partial charge in [0.05, 0.1) is 6.26 Å². The maximum Gasteiger partial charge on any atom is 0.257 e. The number of aromatic nitrogens is 1. The SMILES string of the molecule is Cc1cccc(Cc2cnc(NC(=O)C3=Cc4cc(Br)ccc4OC=C3)s2)c1. The summed E-state index contributed by atoms with van der Waals surface area (Å²) in [7, 11) is 0. The summed E-state index contributed by atoms with van der Waals surface area (Å²) in [6, 6.07) is 14.1. The number of fused-ring (bicyclic) bond motifs is 1. The van der Waals surface area contributed by atoms with Crippen molar-refractivity contribution >= 4 is 44.4 Å². The van der Waals surface area contributed by atoms with Gasteiger partial charge in [0, 0.05) is 33.1 Å². The molecule has 4 rings (SSSR count). The van der Waals surface area contributed by atoms with E-state index < -0.39 is 0 Å². The molecule has 1 N–H and O–H groups in total. The number of hydrogen-bond donors (Lipinski definition) is 1. The molecule has 0 saturated carbocycles. The van der Waals surface area contributed by atoms with Crippen LogP contribution in [0.4, 0.5) is 5.13 Å². The highest BCUT2D eigenvalue weighted by Gasteiger charge is 2.14. The van der Waals surface area contributed by atoms with Crippen molar-refractivity contribution in [2.24, 2.45) is 0 Å². The van der Waals surface area contributed by atoms with E-state index in [9.17, 15) is 4.79 Å². The van der Waals surface area contributed by atoms with Gasteiger partial charge < -0.3 is 4.74 Å².